The zero-order chi connectivity index (χ0) is 11.0. The Labute approximate surface area is 89.5 Å². The van der Waals surface area contributed by atoms with Gasteiger partial charge in [0.15, 0.2) is 0 Å². The fourth-order valence-corrected chi connectivity index (χ4v) is 1.55. The summed E-state index contributed by atoms with van der Waals surface area (Å²) < 4.78 is 0. The number of allylic oxidation sites excluding steroid dienone is 2. The summed E-state index contributed by atoms with van der Waals surface area (Å²) in [7, 11) is 2.19. The highest BCUT2D eigenvalue weighted by Crippen LogP contribution is 2.12. The standard InChI is InChI=1S/C13H25N/c1-6-9-14(5)10-8-13(7-2)11-12(3)4/h7H,3,6,8-11H2,1-2,4-5H3/b13-7+. The topological polar surface area (TPSA) is 3.24 Å². The van der Waals surface area contributed by atoms with Crippen LogP contribution in [-0.4, -0.2) is 25.0 Å². The van der Waals surface area contributed by atoms with E-state index in [9.17, 15) is 0 Å². The van der Waals surface area contributed by atoms with Gasteiger partial charge < -0.3 is 4.90 Å². The van der Waals surface area contributed by atoms with E-state index in [1.807, 2.05) is 0 Å². The Morgan fingerprint density at radius 1 is 1.36 bits per heavy atom. The van der Waals surface area contributed by atoms with Crippen LogP contribution in [0.15, 0.2) is 23.8 Å². The van der Waals surface area contributed by atoms with Crippen LogP contribution < -0.4 is 0 Å². The van der Waals surface area contributed by atoms with Crippen molar-refractivity contribution in [3.8, 4) is 0 Å². The molecule has 0 aromatic rings. The molecule has 0 bridgehead atoms. The summed E-state index contributed by atoms with van der Waals surface area (Å²) in [6, 6.07) is 0. The summed E-state index contributed by atoms with van der Waals surface area (Å²) in [5, 5.41) is 0. The molecule has 0 amide bonds. The van der Waals surface area contributed by atoms with E-state index in [4.69, 9.17) is 0 Å². The van der Waals surface area contributed by atoms with Gasteiger partial charge in [0.05, 0.1) is 0 Å². The second-order valence-corrected chi connectivity index (χ2v) is 4.13. The average Bonchev–Trinajstić information content (AvgIpc) is 2.12. The molecule has 0 aliphatic carbocycles. The van der Waals surface area contributed by atoms with Crippen LogP contribution in [0.4, 0.5) is 0 Å². The van der Waals surface area contributed by atoms with Gasteiger partial charge in [-0.05, 0) is 46.7 Å². The first-order valence-electron chi connectivity index (χ1n) is 5.57. The summed E-state index contributed by atoms with van der Waals surface area (Å²) >= 11 is 0. The molecule has 1 nitrogen and oxygen atoms in total. The third-order valence-electron chi connectivity index (χ3n) is 2.36. The first kappa shape index (κ1) is 13.4. The van der Waals surface area contributed by atoms with E-state index in [1.54, 1.807) is 0 Å². The Morgan fingerprint density at radius 2 is 2.00 bits per heavy atom. The van der Waals surface area contributed by atoms with Gasteiger partial charge in [-0.3, -0.25) is 0 Å². The van der Waals surface area contributed by atoms with Crippen molar-refractivity contribution < 1.29 is 0 Å². The lowest BCUT2D eigenvalue weighted by molar-refractivity contribution is 0.338. The maximum Gasteiger partial charge on any atom is 0.00156 e. The van der Waals surface area contributed by atoms with Gasteiger partial charge in [0.2, 0.25) is 0 Å². The van der Waals surface area contributed by atoms with Gasteiger partial charge in [-0.15, -0.1) is 0 Å². The number of nitrogens with zero attached hydrogens (tertiary/aromatic N) is 1. The minimum absolute atomic E-state index is 1.07. The van der Waals surface area contributed by atoms with Crippen molar-refractivity contribution in [2.24, 2.45) is 0 Å². The van der Waals surface area contributed by atoms with Gasteiger partial charge in [0, 0.05) is 6.54 Å². The molecule has 82 valence electrons. The van der Waals surface area contributed by atoms with Gasteiger partial charge in [-0.25, -0.2) is 0 Å². The molecule has 0 radical (unpaired) electrons. The van der Waals surface area contributed by atoms with E-state index >= 15 is 0 Å². The fourth-order valence-electron chi connectivity index (χ4n) is 1.55. The van der Waals surface area contributed by atoms with Gasteiger partial charge >= 0.3 is 0 Å². The van der Waals surface area contributed by atoms with E-state index in [0.29, 0.717) is 0 Å². The van der Waals surface area contributed by atoms with Crippen LogP contribution in [0.3, 0.4) is 0 Å². The smallest absolute Gasteiger partial charge is 0.00156 e. The SMILES string of the molecule is C=C(C)C/C(=C/C)CCN(C)CCC. The summed E-state index contributed by atoms with van der Waals surface area (Å²) in [6.07, 6.45) is 5.72. The minimum atomic E-state index is 1.07. The molecule has 0 fully saturated rings. The molecule has 0 atom stereocenters. The van der Waals surface area contributed by atoms with E-state index in [0.717, 1.165) is 6.42 Å². The Bertz CT molecular complexity index is 191. The third-order valence-corrected chi connectivity index (χ3v) is 2.36. The molecule has 0 saturated carbocycles. The third kappa shape index (κ3) is 6.90. The molecule has 1 heteroatoms. The van der Waals surface area contributed by atoms with Crippen LogP contribution in [0.25, 0.3) is 0 Å². The van der Waals surface area contributed by atoms with Crippen LogP contribution in [0.1, 0.15) is 40.0 Å². The highest BCUT2D eigenvalue weighted by Gasteiger charge is 2.00. The zero-order valence-electron chi connectivity index (χ0n) is 10.3. The number of rotatable bonds is 7. The summed E-state index contributed by atoms with van der Waals surface area (Å²) in [4.78, 5) is 2.39. The van der Waals surface area contributed by atoms with Crippen molar-refractivity contribution in [3.63, 3.8) is 0 Å². The number of hydrogen-bond acceptors (Lipinski definition) is 1. The van der Waals surface area contributed by atoms with Gasteiger partial charge in [0.25, 0.3) is 0 Å². The van der Waals surface area contributed by atoms with Crippen molar-refractivity contribution in [2.75, 3.05) is 20.1 Å². The van der Waals surface area contributed by atoms with E-state index < -0.39 is 0 Å². The molecule has 0 N–H and O–H groups in total. The van der Waals surface area contributed by atoms with Crippen molar-refractivity contribution in [2.45, 2.75) is 40.0 Å². The molecule has 0 aliphatic heterocycles. The first-order valence-corrected chi connectivity index (χ1v) is 5.57. The zero-order valence-corrected chi connectivity index (χ0v) is 10.3. The second kappa shape index (κ2) is 7.81. The molecule has 0 aromatic heterocycles. The molecule has 0 rings (SSSR count). The van der Waals surface area contributed by atoms with Crippen LogP contribution in [0, 0.1) is 0 Å². The fraction of sp³-hybridized carbons (Fsp3) is 0.692. The van der Waals surface area contributed by atoms with Crippen molar-refractivity contribution >= 4 is 0 Å². The minimum Gasteiger partial charge on any atom is -0.306 e. The van der Waals surface area contributed by atoms with Crippen molar-refractivity contribution in [1.82, 2.24) is 4.90 Å². The van der Waals surface area contributed by atoms with Crippen LogP contribution >= 0.6 is 0 Å². The van der Waals surface area contributed by atoms with E-state index in [1.165, 1.54) is 37.1 Å². The number of hydrogen-bond donors (Lipinski definition) is 0. The predicted molar refractivity (Wildman–Crippen MR) is 65.6 cm³/mol. The summed E-state index contributed by atoms with van der Waals surface area (Å²) in [6.45, 7) is 12.8. The molecule has 0 spiro atoms. The Kier molecular flexibility index (Phi) is 7.50. The highest BCUT2D eigenvalue weighted by molar-refractivity contribution is 5.10. The quantitative estimate of drug-likeness (QED) is 0.561. The largest absolute Gasteiger partial charge is 0.306 e. The monoisotopic (exact) mass is 195 g/mol. The van der Waals surface area contributed by atoms with Crippen molar-refractivity contribution in [3.05, 3.63) is 23.8 Å². The van der Waals surface area contributed by atoms with Crippen molar-refractivity contribution in [1.29, 1.82) is 0 Å². The lowest BCUT2D eigenvalue weighted by atomic mass is 10.0. The predicted octanol–water partition coefficient (Wildman–Crippen LogP) is 3.63. The molecule has 14 heavy (non-hydrogen) atoms. The summed E-state index contributed by atoms with van der Waals surface area (Å²) in [5.74, 6) is 0. The second-order valence-electron chi connectivity index (χ2n) is 4.13. The molecule has 0 aromatic carbocycles. The molecular formula is C13H25N. The lowest BCUT2D eigenvalue weighted by Crippen LogP contribution is -2.20. The van der Waals surface area contributed by atoms with Crippen LogP contribution in [0.5, 0.6) is 0 Å². The molecule has 0 heterocycles. The Balaban J connectivity index is 3.79. The first-order chi connectivity index (χ1) is 6.60. The summed E-state index contributed by atoms with van der Waals surface area (Å²) in [5.41, 5.74) is 2.77. The maximum atomic E-state index is 3.95. The molecule has 0 unspecified atom stereocenters. The molecular weight excluding hydrogens is 170 g/mol. The lowest BCUT2D eigenvalue weighted by Gasteiger charge is -2.16. The maximum absolute atomic E-state index is 3.95. The molecule has 0 saturated heterocycles. The Hall–Kier alpha value is -0.560. The van der Waals surface area contributed by atoms with Gasteiger partial charge in [0.1, 0.15) is 0 Å². The van der Waals surface area contributed by atoms with Gasteiger partial charge in [-0.1, -0.05) is 30.7 Å². The van der Waals surface area contributed by atoms with Crippen LogP contribution in [0.2, 0.25) is 0 Å². The molecule has 0 aliphatic rings. The van der Waals surface area contributed by atoms with Crippen LogP contribution in [-0.2, 0) is 0 Å². The average molecular weight is 195 g/mol. The van der Waals surface area contributed by atoms with E-state index in [2.05, 4.69) is 45.4 Å². The highest BCUT2D eigenvalue weighted by atomic mass is 15.1. The van der Waals surface area contributed by atoms with E-state index in [-0.39, 0.29) is 0 Å². The Morgan fingerprint density at radius 3 is 2.43 bits per heavy atom. The van der Waals surface area contributed by atoms with Gasteiger partial charge in [-0.2, -0.15) is 0 Å². The normalized spacial score (nSPS) is 12.2.